The van der Waals surface area contributed by atoms with Crippen molar-refractivity contribution < 1.29 is 8.42 Å². The average molecular weight is 315 g/mol. The number of benzene rings is 2. The van der Waals surface area contributed by atoms with Gasteiger partial charge in [0.25, 0.3) is 0 Å². The van der Waals surface area contributed by atoms with E-state index in [9.17, 15) is 8.42 Å². The second-order valence-corrected chi connectivity index (χ2v) is 7.96. The molecule has 0 amide bonds. The topological polar surface area (TPSA) is 37.4 Å². The first-order valence-corrected chi connectivity index (χ1v) is 9.34. The number of fused-ring (bicyclic) bond motifs is 1. The first-order chi connectivity index (χ1) is 10.6. The van der Waals surface area contributed by atoms with Crippen molar-refractivity contribution in [2.45, 2.75) is 24.7 Å². The lowest BCUT2D eigenvalue weighted by Gasteiger charge is -2.31. The Balaban J connectivity index is 1.76. The van der Waals surface area contributed by atoms with Crippen molar-refractivity contribution in [3.8, 4) is 0 Å². The van der Waals surface area contributed by atoms with Gasteiger partial charge in [0.05, 0.1) is 10.6 Å². The Morgan fingerprint density at radius 1 is 1.09 bits per heavy atom. The van der Waals surface area contributed by atoms with Crippen LogP contribution >= 0.6 is 0 Å². The molecule has 0 saturated carbocycles. The summed E-state index contributed by atoms with van der Waals surface area (Å²) in [6.45, 7) is 3.58. The lowest BCUT2D eigenvalue weighted by Crippen LogP contribution is -2.33. The molecular weight excluding hydrogens is 294 g/mol. The summed E-state index contributed by atoms with van der Waals surface area (Å²) in [6.07, 6.45) is 2.17. The van der Waals surface area contributed by atoms with E-state index in [0.717, 1.165) is 19.4 Å². The van der Waals surface area contributed by atoms with Gasteiger partial charge in [0.15, 0.2) is 9.84 Å². The van der Waals surface area contributed by atoms with Gasteiger partial charge in [-0.1, -0.05) is 35.9 Å². The number of sulfone groups is 1. The third-order valence-electron chi connectivity index (χ3n) is 4.18. The summed E-state index contributed by atoms with van der Waals surface area (Å²) >= 11 is 0. The van der Waals surface area contributed by atoms with Gasteiger partial charge in [0.1, 0.15) is 0 Å². The first kappa shape index (κ1) is 15.1. The van der Waals surface area contributed by atoms with Crippen LogP contribution in [0.3, 0.4) is 0 Å². The van der Waals surface area contributed by atoms with Crippen LogP contribution in [0.2, 0.25) is 0 Å². The van der Waals surface area contributed by atoms with Crippen LogP contribution in [0.25, 0.3) is 0 Å². The summed E-state index contributed by atoms with van der Waals surface area (Å²) < 4.78 is 24.8. The van der Waals surface area contributed by atoms with Crippen LogP contribution in [-0.4, -0.2) is 27.3 Å². The van der Waals surface area contributed by atoms with Gasteiger partial charge in [-0.05, 0) is 43.5 Å². The largest absolute Gasteiger partial charge is 0.370 e. The molecule has 0 fully saturated rings. The smallest absolute Gasteiger partial charge is 0.180 e. The van der Waals surface area contributed by atoms with Crippen molar-refractivity contribution in [3.63, 3.8) is 0 Å². The van der Waals surface area contributed by atoms with E-state index < -0.39 is 9.84 Å². The molecule has 116 valence electrons. The highest BCUT2D eigenvalue weighted by Gasteiger charge is 2.20. The van der Waals surface area contributed by atoms with E-state index in [1.165, 1.54) is 16.8 Å². The van der Waals surface area contributed by atoms with Crippen molar-refractivity contribution in [1.29, 1.82) is 0 Å². The number of nitrogens with zero attached hydrogens (tertiary/aromatic N) is 1. The second-order valence-electron chi connectivity index (χ2n) is 5.85. The van der Waals surface area contributed by atoms with E-state index in [0.29, 0.717) is 11.4 Å². The van der Waals surface area contributed by atoms with E-state index in [2.05, 4.69) is 30.0 Å². The fourth-order valence-electron chi connectivity index (χ4n) is 3.01. The zero-order valence-corrected chi connectivity index (χ0v) is 13.6. The minimum atomic E-state index is -3.21. The van der Waals surface area contributed by atoms with Crippen LogP contribution in [0.1, 0.15) is 17.5 Å². The molecule has 4 heteroatoms. The molecule has 0 atom stereocenters. The molecule has 0 N–H and O–H groups in total. The number of hydrogen-bond donors (Lipinski definition) is 0. The lowest BCUT2D eigenvalue weighted by atomic mass is 10.00. The second kappa shape index (κ2) is 6.13. The summed E-state index contributed by atoms with van der Waals surface area (Å²) in [5.41, 5.74) is 3.79. The first-order valence-electron chi connectivity index (χ1n) is 7.68. The quantitative estimate of drug-likeness (QED) is 0.869. The number of anilines is 1. The van der Waals surface area contributed by atoms with E-state index in [4.69, 9.17) is 0 Å². The molecule has 0 bridgehead atoms. The van der Waals surface area contributed by atoms with Gasteiger partial charge in [-0.2, -0.15) is 0 Å². The molecule has 3 nitrogen and oxygen atoms in total. The molecule has 2 aromatic carbocycles. The highest BCUT2D eigenvalue weighted by Crippen LogP contribution is 2.28. The predicted molar refractivity (Wildman–Crippen MR) is 90.2 cm³/mol. The van der Waals surface area contributed by atoms with E-state index in [1.54, 1.807) is 24.3 Å². The zero-order valence-electron chi connectivity index (χ0n) is 12.8. The summed E-state index contributed by atoms with van der Waals surface area (Å²) in [6, 6.07) is 15.2. The standard InChI is InChI=1S/C18H21NO2S/c1-15-9-10-18-16(14-15)6-5-11-19(18)12-13-22(20,21)17-7-3-2-4-8-17/h2-4,7-10,14H,5-6,11-13H2,1H3. The Morgan fingerprint density at radius 3 is 2.64 bits per heavy atom. The Morgan fingerprint density at radius 2 is 1.86 bits per heavy atom. The summed E-state index contributed by atoms with van der Waals surface area (Å²) in [4.78, 5) is 2.62. The highest BCUT2D eigenvalue weighted by molar-refractivity contribution is 7.91. The van der Waals surface area contributed by atoms with Gasteiger partial charge >= 0.3 is 0 Å². The molecule has 0 saturated heterocycles. The van der Waals surface area contributed by atoms with Crippen LogP contribution < -0.4 is 4.90 Å². The molecule has 0 radical (unpaired) electrons. The molecule has 2 aromatic rings. The molecule has 22 heavy (non-hydrogen) atoms. The van der Waals surface area contributed by atoms with Gasteiger partial charge in [0, 0.05) is 18.8 Å². The molecule has 0 spiro atoms. The van der Waals surface area contributed by atoms with Crippen molar-refractivity contribution in [2.24, 2.45) is 0 Å². The number of aryl methyl sites for hydroxylation is 2. The van der Waals surface area contributed by atoms with Crippen LogP contribution in [0, 0.1) is 6.92 Å². The fraction of sp³-hybridized carbons (Fsp3) is 0.333. The molecule has 0 unspecified atom stereocenters. The normalized spacial score (nSPS) is 14.7. The minimum absolute atomic E-state index is 0.157. The molecule has 1 heterocycles. The van der Waals surface area contributed by atoms with Crippen molar-refractivity contribution in [2.75, 3.05) is 23.7 Å². The van der Waals surface area contributed by atoms with Crippen molar-refractivity contribution in [1.82, 2.24) is 0 Å². The molecule has 0 aromatic heterocycles. The van der Waals surface area contributed by atoms with Gasteiger partial charge in [0.2, 0.25) is 0 Å². The van der Waals surface area contributed by atoms with Gasteiger partial charge < -0.3 is 4.90 Å². The SMILES string of the molecule is Cc1ccc2c(c1)CCCN2CCS(=O)(=O)c1ccccc1. The monoisotopic (exact) mass is 315 g/mol. The minimum Gasteiger partial charge on any atom is -0.370 e. The zero-order chi connectivity index (χ0) is 15.6. The lowest BCUT2D eigenvalue weighted by molar-refractivity contribution is 0.593. The Kier molecular flexibility index (Phi) is 4.21. The summed E-state index contributed by atoms with van der Waals surface area (Å²) in [5, 5.41) is 0. The van der Waals surface area contributed by atoms with Crippen molar-refractivity contribution in [3.05, 3.63) is 59.7 Å². The summed E-state index contributed by atoms with van der Waals surface area (Å²) in [5.74, 6) is 0.157. The Bertz CT molecular complexity index is 754. The van der Waals surface area contributed by atoms with E-state index in [-0.39, 0.29) is 5.75 Å². The van der Waals surface area contributed by atoms with Crippen LogP contribution in [0.4, 0.5) is 5.69 Å². The third-order valence-corrected chi connectivity index (χ3v) is 5.89. The van der Waals surface area contributed by atoms with E-state index >= 15 is 0 Å². The Labute approximate surface area is 132 Å². The maximum absolute atomic E-state index is 12.4. The molecule has 0 aliphatic carbocycles. The molecule has 1 aliphatic rings. The maximum Gasteiger partial charge on any atom is 0.180 e. The van der Waals surface area contributed by atoms with E-state index in [1.807, 2.05) is 6.07 Å². The number of rotatable bonds is 4. The third kappa shape index (κ3) is 3.17. The van der Waals surface area contributed by atoms with Crippen LogP contribution in [0.15, 0.2) is 53.4 Å². The molecule has 3 rings (SSSR count). The Hall–Kier alpha value is -1.81. The van der Waals surface area contributed by atoms with Crippen molar-refractivity contribution >= 4 is 15.5 Å². The number of hydrogen-bond acceptors (Lipinski definition) is 3. The van der Waals surface area contributed by atoms with Crippen LogP contribution in [0.5, 0.6) is 0 Å². The average Bonchev–Trinajstić information content (AvgIpc) is 2.53. The summed E-state index contributed by atoms with van der Waals surface area (Å²) in [7, 11) is -3.21. The van der Waals surface area contributed by atoms with Gasteiger partial charge in [-0.3, -0.25) is 0 Å². The van der Waals surface area contributed by atoms with Gasteiger partial charge in [-0.25, -0.2) is 8.42 Å². The highest BCUT2D eigenvalue weighted by atomic mass is 32.2. The fourth-order valence-corrected chi connectivity index (χ4v) is 4.28. The predicted octanol–water partition coefficient (Wildman–Crippen LogP) is 3.22. The van der Waals surface area contributed by atoms with Gasteiger partial charge in [-0.15, -0.1) is 0 Å². The molecular formula is C18H21NO2S. The maximum atomic E-state index is 12.4. The van der Waals surface area contributed by atoms with Crippen LogP contribution in [-0.2, 0) is 16.3 Å². The molecule has 1 aliphatic heterocycles.